The molecule has 1 aromatic carbocycles. The first-order valence-corrected chi connectivity index (χ1v) is 8.13. The molecule has 140 valence electrons. The number of carbonyl (C=O) groups excluding carboxylic acids is 1. The smallest absolute Gasteiger partial charge is 0.255 e. The van der Waals surface area contributed by atoms with Crippen LogP contribution in [0.4, 0.5) is 4.39 Å². The van der Waals surface area contributed by atoms with E-state index in [0.717, 1.165) is 5.82 Å². The second kappa shape index (κ2) is 7.09. The Bertz CT molecular complexity index is 1050. The first-order chi connectivity index (χ1) is 12.8. The number of benzene rings is 1. The molecule has 0 aliphatic carbocycles. The van der Waals surface area contributed by atoms with E-state index >= 15 is 0 Å². The third-order valence-corrected chi connectivity index (χ3v) is 4.28. The van der Waals surface area contributed by atoms with Gasteiger partial charge in [0.2, 0.25) is 0 Å². The van der Waals surface area contributed by atoms with E-state index in [1.54, 1.807) is 0 Å². The molecule has 1 aromatic heterocycles. The van der Waals surface area contributed by atoms with Crippen molar-refractivity contribution in [3.63, 3.8) is 0 Å². The van der Waals surface area contributed by atoms with Crippen molar-refractivity contribution in [3.05, 3.63) is 40.6 Å². The summed E-state index contributed by atoms with van der Waals surface area (Å²) in [6, 6.07) is 3.07. The summed E-state index contributed by atoms with van der Waals surface area (Å²) < 4.78 is 21.7. The summed E-state index contributed by atoms with van der Waals surface area (Å²) in [6.07, 6.45) is 0. The highest BCUT2D eigenvalue weighted by molar-refractivity contribution is 6.20. The monoisotopic (exact) mass is 370 g/mol. The minimum Gasteiger partial charge on any atom is -0.391 e. The molecule has 3 rings (SSSR count). The molecule has 8 nitrogen and oxygen atoms in total. The first kappa shape index (κ1) is 18.4. The van der Waals surface area contributed by atoms with E-state index in [9.17, 15) is 9.18 Å². The fourth-order valence-corrected chi connectivity index (χ4v) is 2.87. The molecule has 9 heteroatoms. The number of hydrogen-bond acceptors (Lipinski definition) is 5. The average Bonchev–Trinajstić information content (AvgIpc) is 2.86. The van der Waals surface area contributed by atoms with E-state index in [4.69, 9.17) is 21.9 Å². The maximum absolute atomic E-state index is 14.6. The number of amides is 1. The highest BCUT2D eigenvalue weighted by Gasteiger charge is 2.24. The molecule has 1 amide bonds. The van der Waals surface area contributed by atoms with Crippen LogP contribution in [0, 0.1) is 24.6 Å². The van der Waals surface area contributed by atoms with E-state index in [1.165, 1.54) is 19.2 Å². The van der Waals surface area contributed by atoms with Crippen LogP contribution in [0.15, 0.2) is 28.4 Å². The molecule has 0 radical (unpaired) electrons. The predicted molar refractivity (Wildman–Crippen MR) is 99.1 cm³/mol. The lowest BCUT2D eigenvalue weighted by Gasteiger charge is -2.28. The molecule has 6 N–H and O–H groups in total. The van der Waals surface area contributed by atoms with Crippen molar-refractivity contribution in [3.8, 4) is 11.8 Å². The van der Waals surface area contributed by atoms with E-state index in [0.29, 0.717) is 24.2 Å². The number of primary amides is 1. The number of aliphatic imine (C=N–C) groups is 1. The Morgan fingerprint density at radius 3 is 2.63 bits per heavy atom. The Morgan fingerprint density at radius 1 is 1.37 bits per heavy atom. The molecule has 2 aromatic rings. The average molecular weight is 370 g/mol. The molecule has 0 spiro atoms. The number of amidine groups is 1. The van der Waals surface area contributed by atoms with Gasteiger partial charge >= 0.3 is 0 Å². The van der Waals surface area contributed by atoms with Crippen molar-refractivity contribution in [2.75, 3.05) is 20.3 Å². The van der Waals surface area contributed by atoms with Crippen LogP contribution in [0.5, 0.6) is 0 Å². The van der Waals surface area contributed by atoms with Crippen molar-refractivity contribution in [1.82, 2.24) is 9.55 Å². The first-order valence-electron chi connectivity index (χ1n) is 8.13. The number of hydrogen-bond donors (Lipinski definition) is 3. The zero-order valence-electron chi connectivity index (χ0n) is 14.9. The highest BCUT2D eigenvalue weighted by atomic mass is 19.1. The molecule has 27 heavy (non-hydrogen) atoms. The number of carbonyl (C=O) groups is 1. The van der Waals surface area contributed by atoms with Crippen LogP contribution >= 0.6 is 0 Å². The summed E-state index contributed by atoms with van der Waals surface area (Å²) in [6.45, 7) is 3.01. The quantitative estimate of drug-likeness (QED) is 0.305. The number of aromatic nitrogens is 2. The van der Waals surface area contributed by atoms with Crippen LogP contribution in [-0.4, -0.2) is 41.6 Å². The molecule has 2 heterocycles. The summed E-state index contributed by atoms with van der Waals surface area (Å²) in [5.41, 5.74) is 17.6. The fourth-order valence-electron chi connectivity index (χ4n) is 2.87. The number of allylic oxidation sites excluding steroid dienone is 1. The van der Waals surface area contributed by atoms with Crippen LogP contribution in [0.1, 0.15) is 17.4 Å². The van der Waals surface area contributed by atoms with Gasteiger partial charge in [0.25, 0.3) is 5.91 Å². The van der Waals surface area contributed by atoms with Crippen LogP contribution in [0.3, 0.4) is 0 Å². The van der Waals surface area contributed by atoms with Crippen molar-refractivity contribution in [2.24, 2.45) is 22.2 Å². The van der Waals surface area contributed by atoms with Gasteiger partial charge in [0.05, 0.1) is 41.5 Å². The van der Waals surface area contributed by atoms with E-state index in [2.05, 4.69) is 21.8 Å². The molecule has 1 fully saturated rings. The highest BCUT2D eigenvalue weighted by Crippen LogP contribution is 2.27. The molecule has 1 aliphatic rings. The Kier molecular flexibility index (Phi) is 4.83. The third kappa shape index (κ3) is 3.35. The van der Waals surface area contributed by atoms with Gasteiger partial charge in [-0.25, -0.2) is 9.37 Å². The molecular formula is C18H19FN6O2. The normalized spacial score (nSPS) is 15.7. The van der Waals surface area contributed by atoms with Gasteiger partial charge in [0.1, 0.15) is 23.1 Å². The number of fused-ring (bicyclic) bond motifs is 1. The number of nitrogens with two attached hydrogens (primary N) is 3. The van der Waals surface area contributed by atoms with Gasteiger partial charge in [-0.3, -0.25) is 9.79 Å². The number of aryl methyl sites for hydroxylation is 1. The summed E-state index contributed by atoms with van der Waals surface area (Å²) in [7, 11) is 1.39. The zero-order valence-corrected chi connectivity index (χ0v) is 14.9. The van der Waals surface area contributed by atoms with Crippen molar-refractivity contribution in [2.45, 2.75) is 13.0 Å². The van der Waals surface area contributed by atoms with Gasteiger partial charge in [-0.2, -0.15) is 0 Å². The van der Waals surface area contributed by atoms with E-state index in [1.807, 2.05) is 11.5 Å². The maximum atomic E-state index is 14.6. The van der Waals surface area contributed by atoms with Gasteiger partial charge < -0.3 is 26.5 Å². The van der Waals surface area contributed by atoms with Gasteiger partial charge in [-0.05, 0) is 18.9 Å². The SMILES string of the molecule is CN=C(N)/C(C(N)=O)=C(\N)C#Cc1cc2nc(C)n(C3COC3)c2cc1F. The summed E-state index contributed by atoms with van der Waals surface area (Å²) in [4.78, 5) is 19.6. The molecular weight excluding hydrogens is 351 g/mol. The van der Waals surface area contributed by atoms with Crippen LogP contribution in [-0.2, 0) is 9.53 Å². The standard InChI is InChI=1S/C18H19FN6O2/c1-9-24-14-5-10(3-4-13(20)16(18(22)26)17(21)23-2)12(19)6-15(14)25(9)11-7-27-8-11/h5-6,11H,7-8,20H2,1-2H3,(H2,21,23)(H2,22,26)/b16-13+. The summed E-state index contributed by atoms with van der Waals surface area (Å²) in [5.74, 6) is 4.37. The number of nitrogens with zero attached hydrogens (tertiary/aromatic N) is 3. The van der Waals surface area contributed by atoms with Crippen LogP contribution in [0.2, 0.25) is 0 Å². The fraction of sp³-hybridized carbons (Fsp3) is 0.278. The van der Waals surface area contributed by atoms with Crippen molar-refractivity contribution >= 4 is 22.8 Å². The molecule has 1 saturated heterocycles. The molecule has 0 atom stereocenters. The van der Waals surface area contributed by atoms with Crippen LogP contribution < -0.4 is 17.2 Å². The minimum atomic E-state index is -0.863. The van der Waals surface area contributed by atoms with E-state index < -0.39 is 11.7 Å². The lowest BCUT2D eigenvalue weighted by atomic mass is 10.1. The molecule has 0 saturated carbocycles. The lowest BCUT2D eigenvalue weighted by Crippen LogP contribution is -2.31. The zero-order chi connectivity index (χ0) is 19.7. The molecule has 0 unspecified atom stereocenters. The van der Waals surface area contributed by atoms with Crippen molar-refractivity contribution in [1.29, 1.82) is 0 Å². The maximum Gasteiger partial charge on any atom is 0.255 e. The number of rotatable bonds is 3. The van der Waals surface area contributed by atoms with Crippen LogP contribution in [0.25, 0.3) is 11.0 Å². The van der Waals surface area contributed by atoms with Gasteiger partial charge in [-0.15, -0.1) is 0 Å². The molecule has 1 aliphatic heterocycles. The third-order valence-electron chi connectivity index (χ3n) is 4.28. The lowest BCUT2D eigenvalue weighted by molar-refractivity contribution is -0.114. The van der Waals surface area contributed by atoms with Crippen molar-refractivity contribution < 1.29 is 13.9 Å². The minimum absolute atomic E-state index is 0.0933. The second-order valence-electron chi connectivity index (χ2n) is 6.05. The summed E-state index contributed by atoms with van der Waals surface area (Å²) >= 11 is 0. The predicted octanol–water partition coefficient (Wildman–Crippen LogP) is 0.0917. The van der Waals surface area contributed by atoms with E-state index in [-0.39, 0.29) is 28.7 Å². The Labute approximate surface area is 154 Å². The Morgan fingerprint density at radius 2 is 2.07 bits per heavy atom. The topological polar surface area (TPSA) is 135 Å². The largest absolute Gasteiger partial charge is 0.391 e. The second-order valence-corrected chi connectivity index (χ2v) is 6.05. The molecule has 0 bridgehead atoms. The number of imidazole rings is 1. The number of ether oxygens (including phenoxy) is 1. The Balaban J connectivity index is 2.05. The van der Waals surface area contributed by atoms with Gasteiger partial charge in [0, 0.05) is 13.1 Å². The van der Waals surface area contributed by atoms with Gasteiger partial charge in [0.15, 0.2) is 0 Å². The summed E-state index contributed by atoms with van der Waals surface area (Å²) in [5, 5.41) is 0. The van der Waals surface area contributed by atoms with Gasteiger partial charge in [-0.1, -0.05) is 5.92 Å². The Hall–Kier alpha value is -3.38. The number of halogens is 1.